The highest BCUT2D eigenvalue weighted by atomic mass is 16.5. The van der Waals surface area contributed by atoms with E-state index in [2.05, 4.69) is 6.08 Å². The lowest BCUT2D eigenvalue weighted by Crippen LogP contribution is -1.98. The maximum atomic E-state index is 11.1. The molecule has 1 aromatic rings. The van der Waals surface area contributed by atoms with E-state index in [-0.39, 0.29) is 0 Å². The Morgan fingerprint density at radius 2 is 2.06 bits per heavy atom. The Balaban J connectivity index is 2.66. The predicted octanol–water partition coefficient (Wildman–Crippen LogP) is 3.02. The maximum absolute atomic E-state index is 11.1. The summed E-state index contributed by atoms with van der Waals surface area (Å²) in [7, 11) is 1.52. The van der Waals surface area contributed by atoms with Gasteiger partial charge in [0.2, 0.25) is 0 Å². The van der Waals surface area contributed by atoms with E-state index in [1.807, 2.05) is 19.1 Å². The molecule has 16 heavy (non-hydrogen) atoms. The van der Waals surface area contributed by atoms with Crippen LogP contribution in [-0.4, -0.2) is 7.11 Å². The lowest BCUT2D eigenvalue weighted by atomic mass is 10.2. The summed E-state index contributed by atoms with van der Waals surface area (Å²) in [6.45, 7) is 1.99. The van der Waals surface area contributed by atoms with Gasteiger partial charge in [0.05, 0.1) is 13.2 Å². The van der Waals surface area contributed by atoms with Gasteiger partial charge in [-0.05, 0) is 25.8 Å². The average molecular weight is 220 g/mol. The first-order valence-corrected chi connectivity index (χ1v) is 5.23. The van der Waals surface area contributed by atoms with Crippen LogP contribution in [0.4, 0.5) is 0 Å². The molecule has 3 heteroatoms. The molecule has 0 amide bonds. The van der Waals surface area contributed by atoms with E-state index in [9.17, 15) is 4.79 Å². The number of hydrogen-bond donors (Lipinski definition) is 0. The van der Waals surface area contributed by atoms with Gasteiger partial charge in [-0.2, -0.15) is 0 Å². The molecule has 0 atom stereocenters. The molecule has 0 aromatic carbocycles. The minimum absolute atomic E-state index is 0.396. The molecule has 86 valence electrons. The second-order valence-electron chi connectivity index (χ2n) is 3.27. The number of allylic oxidation sites excluding steroid dienone is 3. The van der Waals surface area contributed by atoms with Crippen molar-refractivity contribution in [1.82, 2.24) is 0 Å². The number of methoxy groups -OCH3 is 1. The van der Waals surface area contributed by atoms with Crippen LogP contribution in [0.15, 0.2) is 39.6 Å². The molecular formula is C13H16O3. The average Bonchev–Trinajstić information content (AvgIpc) is 2.28. The summed E-state index contributed by atoms with van der Waals surface area (Å²) in [6, 6.07) is 3.00. The first-order valence-electron chi connectivity index (χ1n) is 5.23. The predicted molar refractivity (Wildman–Crippen MR) is 64.6 cm³/mol. The molecule has 3 nitrogen and oxygen atoms in total. The van der Waals surface area contributed by atoms with Gasteiger partial charge in [-0.1, -0.05) is 18.2 Å². The van der Waals surface area contributed by atoms with Crippen molar-refractivity contribution in [2.24, 2.45) is 0 Å². The number of hydrogen-bond acceptors (Lipinski definition) is 3. The van der Waals surface area contributed by atoms with Gasteiger partial charge in [-0.25, -0.2) is 4.79 Å². The second-order valence-corrected chi connectivity index (χ2v) is 3.27. The van der Waals surface area contributed by atoms with Crippen molar-refractivity contribution >= 4 is 6.08 Å². The van der Waals surface area contributed by atoms with Gasteiger partial charge in [-0.3, -0.25) is 0 Å². The first-order chi connectivity index (χ1) is 7.76. The fraction of sp³-hybridized carbons (Fsp3) is 0.308. The van der Waals surface area contributed by atoms with Gasteiger partial charge in [0.1, 0.15) is 11.5 Å². The monoisotopic (exact) mass is 220 g/mol. The zero-order valence-electron chi connectivity index (χ0n) is 9.60. The molecule has 0 N–H and O–H groups in total. The highest BCUT2D eigenvalue weighted by molar-refractivity contribution is 5.44. The fourth-order valence-electron chi connectivity index (χ4n) is 1.23. The second kappa shape index (κ2) is 6.67. The Morgan fingerprint density at radius 3 is 2.75 bits per heavy atom. The SMILES string of the molecule is C/C=C/CC/C=C/c1cc(OC)cc(=O)o1. The topological polar surface area (TPSA) is 39.4 Å². The quantitative estimate of drug-likeness (QED) is 0.565. The van der Waals surface area contributed by atoms with E-state index < -0.39 is 5.63 Å². The Bertz CT molecular complexity index is 427. The molecule has 0 aliphatic carbocycles. The van der Waals surface area contributed by atoms with Crippen LogP contribution >= 0.6 is 0 Å². The van der Waals surface area contributed by atoms with Crippen LogP contribution in [0.5, 0.6) is 5.75 Å². The summed E-state index contributed by atoms with van der Waals surface area (Å²) < 4.78 is 9.96. The number of unbranched alkanes of at least 4 members (excludes halogenated alkanes) is 1. The van der Waals surface area contributed by atoms with Crippen molar-refractivity contribution < 1.29 is 9.15 Å². The lowest BCUT2D eigenvalue weighted by molar-refractivity contribution is 0.400. The van der Waals surface area contributed by atoms with Gasteiger partial charge in [-0.15, -0.1) is 0 Å². The Hall–Kier alpha value is -1.77. The fourth-order valence-corrected chi connectivity index (χ4v) is 1.23. The maximum Gasteiger partial charge on any atom is 0.339 e. The third kappa shape index (κ3) is 4.17. The highest BCUT2D eigenvalue weighted by Gasteiger charge is 1.97. The minimum atomic E-state index is -0.396. The zero-order chi connectivity index (χ0) is 11.8. The molecule has 1 heterocycles. The van der Waals surface area contributed by atoms with Gasteiger partial charge >= 0.3 is 5.63 Å². The summed E-state index contributed by atoms with van der Waals surface area (Å²) in [5.74, 6) is 1.04. The van der Waals surface area contributed by atoms with Crippen LogP contribution in [0.25, 0.3) is 6.08 Å². The molecule has 0 radical (unpaired) electrons. The van der Waals surface area contributed by atoms with Crippen molar-refractivity contribution in [3.63, 3.8) is 0 Å². The summed E-state index contributed by atoms with van der Waals surface area (Å²) in [5.41, 5.74) is -0.396. The Morgan fingerprint density at radius 1 is 1.31 bits per heavy atom. The Kier molecular flexibility index (Phi) is 5.12. The van der Waals surface area contributed by atoms with E-state index in [1.165, 1.54) is 13.2 Å². The lowest BCUT2D eigenvalue weighted by Gasteiger charge is -1.98. The van der Waals surface area contributed by atoms with Crippen LogP contribution in [0.3, 0.4) is 0 Å². The van der Waals surface area contributed by atoms with E-state index in [0.717, 1.165) is 12.8 Å². The van der Waals surface area contributed by atoms with Crippen molar-refractivity contribution in [2.75, 3.05) is 7.11 Å². The van der Waals surface area contributed by atoms with Crippen molar-refractivity contribution in [1.29, 1.82) is 0 Å². The molecule has 0 unspecified atom stereocenters. The summed E-state index contributed by atoms with van der Waals surface area (Å²) in [6.07, 6.45) is 9.77. The molecule has 1 aromatic heterocycles. The van der Waals surface area contributed by atoms with E-state index >= 15 is 0 Å². The van der Waals surface area contributed by atoms with Crippen LogP contribution in [0, 0.1) is 0 Å². The number of rotatable bonds is 5. The van der Waals surface area contributed by atoms with E-state index in [4.69, 9.17) is 9.15 Å². The van der Waals surface area contributed by atoms with Gasteiger partial charge in [0.15, 0.2) is 0 Å². The first kappa shape index (κ1) is 12.3. The normalized spacial score (nSPS) is 11.4. The van der Waals surface area contributed by atoms with Crippen LogP contribution in [-0.2, 0) is 0 Å². The smallest absolute Gasteiger partial charge is 0.339 e. The molecule has 0 saturated heterocycles. The molecule has 1 rings (SSSR count). The molecule has 0 fully saturated rings. The minimum Gasteiger partial charge on any atom is -0.496 e. The van der Waals surface area contributed by atoms with Crippen molar-refractivity contribution in [2.45, 2.75) is 19.8 Å². The van der Waals surface area contributed by atoms with Crippen LogP contribution in [0.1, 0.15) is 25.5 Å². The highest BCUT2D eigenvalue weighted by Crippen LogP contribution is 2.11. The standard InChI is InChI=1S/C13H16O3/c1-3-4-5-6-7-8-11-9-12(15-2)10-13(14)16-11/h3-4,7-10H,5-6H2,1-2H3/b4-3+,8-7+. The molecule has 0 bridgehead atoms. The van der Waals surface area contributed by atoms with Crippen molar-refractivity contribution in [3.8, 4) is 5.75 Å². The zero-order valence-corrected chi connectivity index (χ0v) is 9.60. The third-order valence-corrected chi connectivity index (χ3v) is 2.02. The molecule has 0 spiro atoms. The summed E-state index contributed by atoms with van der Waals surface area (Å²) in [4.78, 5) is 11.1. The van der Waals surface area contributed by atoms with Gasteiger partial charge in [0.25, 0.3) is 0 Å². The molecule has 0 saturated carbocycles. The van der Waals surface area contributed by atoms with E-state index in [0.29, 0.717) is 11.5 Å². The summed E-state index contributed by atoms with van der Waals surface area (Å²) >= 11 is 0. The van der Waals surface area contributed by atoms with E-state index in [1.54, 1.807) is 12.1 Å². The van der Waals surface area contributed by atoms with Gasteiger partial charge in [0, 0.05) is 6.07 Å². The molecule has 0 aliphatic rings. The largest absolute Gasteiger partial charge is 0.496 e. The van der Waals surface area contributed by atoms with Crippen molar-refractivity contribution in [3.05, 3.63) is 46.5 Å². The summed E-state index contributed by atoms with van der Waals surface area (Å²) in [5, 5.41) is 0. The molecule has 0 aliphatic heterocycles. The van der Waals surface area contributed by atoms with Crippen LogP contribution < -0.4 is 10.4 Å². The third-order valence-electron chi connectivity index (χ3n) is 2.02. The Labute approximate surface area is 95.1 Å². The number of ether oxygens (including phenoxy) is 1. The molecular weight excluding hydrogens is 204 g/mol. The van der Waals surface area contributed by atoms with Gasteiger partial charge < -0.3 is 9.15 Å². The van der Waals surface area contributed by atoms with Crippen LogP contribution in [0.2, 0.25) is 0 Å².